The lowest BCUT2D eigenvalue weighted by Crippen LogP contribution is -2.08. The minimum absolute atomic E-state index is 0.502. The number of aromatic nitrogens is 6. The Morgan fingerprint density at radius 1 is 1.27 bits per heavy atom. The fraction of sp³-hybridized carbons (Fsp3) is 0.294. The maximum atomic E-state index is 4.58. The van der Waals surface area contributed by atoms with Crippen molar-refractivity contribution in [2.24, 2.45) is 7.05 Å². The van der Waals surface area contributed by atoms with Crippen molar-refractivity contribution >= 4 is 28.0 Å². The number of hydrogen-bond donors (Lipinski definition) is 2. The van der Waals surface area contributed by atoms with Crippen LogP contribution in [0.5, 0.6) is 0 Å². The standard InChI is InChI=1S/C17H18N8S/c1-24-10-12(7-21-24)14-9-20-16-15(19-4-5-25(14)16)23-17-13(8-22-26-17)11-2-3-18-6-11/h4-5,7-11,18H,2-3,6H2,1H3,(H,19,23). The van der Waals surface area contributed by atoms with Crippen molar-refractivity contribution in [3.8, 4) is 11.3 Å². The Bertz CT molecular complexity index is 1060. The Labute approximate surface area is 154 Å². The van der Waals surface area contributed by atoms with E-state index in [0.29, 0.717) is 5.92 Å². The zero-order chi connectivity index (χ0) is 17.5. The van der Waals surface area contributed by atoms with Crippen LogP contribution in [0.1, 0.15) is 17.9 Å². The van der Waals surface area contributed by atoms with E-state index in [1.165, 1.54) is 17.1 Å². The first-order valence-corrected chi connectivity index (χ1v) is 9.30. The molecule has 4 aromatic heterocycles. The molecule has 4 aromatic rings. The first-order valence-electron chi connectivity index (χ1n) is 8.53. The molecule has 5 rings (SSSR count). The Balaban J connectivity index is 1.52. The molecule has 8 nitrogen and oxygen atoms in total. The summed E-state index contributed by atoms with van der Waals surface area (Å²) in [6, 6.07) is 0. The molecule has 1 aliphatic heterocycles. The van der Waals surface area contributed by atoms with Crippen molar-refractivity contribution in [3.63, 3.8) is 0 Å². The molecule has 1 fully saturated rings. The van der Waals surface area contributed by atoms with Gasteiger partial charge in [0.1, 0.15) is 5.00 Å². The van der Waals surface area contributed by atoms with Gasteiger partial charge >= 0.3 is 0 Å². The van der Waals surface area contributed by atoms with E-state index in [4.69, 9.17) is 0 Å². The quantitative estimate of drug-likeness (QED) is 0.577. The van der Waals surface area contributed by atoms with E-state index in [2.05, 4.69) is 30.1 Å². The molecule has 1 aliphatic rings. The monoisotopic (exact) mass is 366 g/mol. The van der Waals surface area contributed by atoms with Crippen LogP contribution >= 0.6 is 11.5 Å². The highest BCUT2D eigenvalue weighted by molar-refractivity contribution is 7.10. The summed E-state index contributed by atoms with van der Waals surface area (Å²) in [6.07, 6.45) is 12.5. The van der Waals surface area contributed by atoms with Crippen molar-refractivity contribution < 1.29 is 0 Å². The first kappa shape index (κ1) is 15.5. The minimum Gasteiger partial charge on any atom is -0.327 e. The van der Waals surface area contributed by atoms with Gasteiger partial charge in [-0.3, -0.25) is 9.08 Å². The molecule has 0 aliphatic carbocycles. The van der Waals surface area contributed by atoms with Gasteiger partial charge in [0.25, 0.3) is 0 Å². The average Bonchev–Trinajstić information content (AvgIpc) is 3.41. The zero-order valence-electron chi connectivity index (χ0n) is 14.3. The smallest absolute Gasteiger partial charge is 0.180 e. The third-order valence-electron chi connectivity index (χ3n) is 4.76. The minimum atomic E-state index is 0.502. The summed E-state index contributed by atoms with van der Waals surface area (Å²) >= 11 is 1.47. The molecule has 1 saturated heterocycles. The van der Waals surface area contributed by atoms with Gasteiger partial charge in [-0.15, -0.1) is 0 Å². The number of aryl methyl sites for hydroxylation is 1. The highest BCUT2D eigenvalue weighted by Gasteiger charge is 2.22. The van der Waals surface area contributed by atoms with Gasteiger partial charge in [0, 0.05) is 55.4 Å². The Morgan fingerprint density at radius 2 is 2.23 bits per heavy atom. The molecule has 1 atom stereocenters. The van der Waals surface area contributed by atoms with E-state index in [9.17, 15) is 0 Å². The number of rotatable bonds is 4. The number of fused-ring (bicyclic) bond motifs is 1. The summed E-state index contributed by atoms with van der Waals surface area (Å²) in [5.41, 5.74) is 4.05. The lowest BCUT2D eigenvalue weighted by molar-refractivity contribution is 0.766. The summed E-state index contributed by atoms with van der Waals surface area (Å²) in [7, 11) is 1.91. The molecule has 0 aromatic carbocycles. The molecule has 0 saturated carbocycles. The van der Waals surface area contributed by atoms with Gasteiger partial charge in [-0.25, -0.2) is 9.97 Å². The van der Waals surface area contributed by atoms with Crippen LogP contribution in [0.25, 0.3) is 16.9 Å². The average molecular weight is 366 g/mol. The van der Waals surface area contributed by atoms with Gasteiger partial charge in [0.2, 0.25) is 0 Å². The normalized spacial score (nSPS) is 17.2. The van der Waals surface area contributed by atoms with Crippen LogP contribution < -0.4 is 10.6 Å². The highest BCUT2D eigenvalue weighted by atomic mass is 32.1. The summed E-state index contributed by atoms with van der Waals surface area (Å²) in [5.74, 6) is 1.24. The van der Waals surface area contributed by atoms with Crippen molar-refractivity contribution in [2.45, 2.75) is 12.3 Å². The molecule has 0 spiro atoms. The number of nitrogens with zero attached hydrogens (tertiary/aromatic N) is 6. The van der Waals surface area contributed by atoms with E-state index in [1.807, 2.05) is 42.4 Å². The molecule has 2 N–H and O–H groups in total. The van der Waals surface area contributed by atoms with Crippen LogP contribution in [0, 0.1) is 0 Å². The predicted octanol–water partition coefficient (Wildman–Crippen LogP) is 2.41. The van der Waals surface area contributed by atoms with E-state index in [-0.39, 0.29) is 0 Å². The molecule has 5 heterocycles. The van der Waals surface area contributed by atoms with E-state index in [1.54, 1.807) is 10.9 Å². The molecule has 0 amide bonds. The Hall–Kier alpha value is -2.78. The predicted molar refractivity (Wildman–Crippen MR) is 101 cm³/mol. The van der Waals surface area contributed by atoms with Crippen molar-refractivity contribution in [2.75, 3.05) is 18.4 Å². The fourth-order valence-electron chi connectivity index (χ4n) is 3.44. The highest BCUT2D eigenvalue weighted by Crippen LogP contribution is 2.34. The second-order valence-corrected chi connectivity index (χ2v) is 7.24. The number of nitrogens with one attached hydrogen (secondary N) is 2. The summed E-state index contributed by atoms with van der Waals surface area (Å²) < 4.78 is 8.20. The van der Waals surface area contributed by atoms with Gasteiger partial charge in [0.05, 0.1) is 18.1 Å². The van der Waals surface area contributed by atoms with Gasteiger partial charge in [-0.1, -0.05) is 0 Å². The lowest BCUT2D eigenvalue weighted by Gasteiger charge is -2.11. The second kappa shape index (κ2) is 6.19. The van der Waals surface area contributed by atoms with Gasteiger partial charge in [0.15, 0.2) is 11.5 Å². The summed E-state index contributed by atoms with van der Waals surface area (Å²) in [4.78, 5) is 9.09. The Morgan fingerprint density at radius 3 is 3.04 bits per heavy atom. The Kier molecular flexibility index (Phi) is 3.68. The van der Waals surface area contributed by atoms with Crippen LogP contribution in [-0.4, -0.2) is 41.6 Å². The number of imidazole rings is 1. The molecule has 0 radical (unpaired) electrons. The molecule has 9 heteroatoms. The van der Waals surface area contributed by atoms with Crippen LogP contribution in [0.3, 0.4) is 0 Å². The number of hydrogen-bond acceptors (Lipinski definition) is 7. The van der Waals surface area contributed by atoms with Crippen molar-refractivity contribution in [1.82, 2.24) is 33.8 Å². The van der Waals surface area contributed by atoms with E-state index < -0.39 is 0 Å². The number of anilines is 2. The largest absolute Gasteiger partial charge is 0.327 e. The van der Waals surface area contributed by atoms with Crippen LogP contribution in [0.2, 0.25) is 0 Å². The van der Waals surface area contributed by atoms with Crippen molar-refractivity contribution in [1.29, 1.82) is 0 Å². The topological polar surface area (TPSA) is 85.0 Å². The van der Waals surface area contributed by atoms with E-state index in [0.717, 1.165) is 47.2 Å². The summed E-state index contributed by atoms with van der Waals surface area (Å²) in [6.45, 7) is 2.06. The third kappa shape index (κ3) is 2.56. The molecule has 0 bridgehead atoms. The molecule has 132 valence electrons. The zero-order valence-corrected chi connectivity index (χ0v) is 15.1. The SMILES string of the molecule is Cn1cc(-c2cnc3c(Nc4sncc4C4CCNC4)nccn23)cn1. The summed E-state index contributed by atoms with van der Waals surface area (Å²) in [5, 5.41) is 12.2. The van der Waals surface area contributed by atoms with Crippen LogP contribution in [0.4, 0.5) is 10.8 Å². The third-order valence-corrected chi connectivity index (χ3v) is 5.49. The van der Waals surface area contributed by atoms with Gasteiger partial charge in [-0.05, 0) is 24.5 Å². The molecule has 26 heavy (non-hydrogen) atoms. The maximum absolute atomic E-state index is 4.58. The first-order chi connectivity index (χ1) is 12.8. The van der Waals surface area contributed by atoms with Crippen molar-refractivity contribution in [3.05, 3.63) is 42.7 Å². The molecular weight excluding hydrogens is 348 g/mol. The fourth-order valence-corrected chi connectivity index (χ4v) is 4.17. The van der Waals surface area contributed by atoms with Gasteiger partial charge in [-0.2, -0.15) is 9.47 Å². The maximum Gasteiger partial charge on any atom is 0.180 e. The van der Waals surface area contributed by atoms with Crippen LogP contribution in [0.15, 0.2) is 37.2 Å². The second-order valence-electron chi connectivity index (χ2n) is 6.44. The lowest BCUT2D eigenvalue weighted by atomic mass is 10.0. The molecule has 1 unspecified atom stereocenters. The van der Waals surface area contributed by atoms with Gasteiger partial charge < -0.3 is 10.6 Å². The van der Waals surface area contributed by atoms with Crippen LogP contribution in [-0.2, 0) is 7.05 Å². The van der Waals surface area contributed by atoms with E-state index >= 15 is 0 Å². The molecular formula is C17H18N8S.